The zero-order valence-electron chi connectivity index (χ0n) is 104. The van der Waals surface area contributed by atoms with Crippen molar-refractivity contribution in [2.24, 2.45) is 118 Å². The van der Waals surface area contributed by atoms with Gasteiger partial charge in [-0.05, 0) is 306 Å². The second-order valence-corrected chi connectivity index (χ2v) is 63.8. The normalized spacial score (nSPS) is 24.1. The lowest BCUT2D eigenvalue weighted by molar-refractivity contribution is -0.100. The molecule has 14 rings (SSSR count). The van der Waals surface area contributed by atoms with Crippen molar-refractivity contribution in [1.29, 1.82) is 0 Å². The highest BCUT2D eigenvalue weighted by Gasteiger charge is 2.35. The molecule has 8 aliphatic carbocycles. The SMILES string of the molecule is C.CC(C)(C)CC1CCC1.CC(C)(C)CC1CCCCC1.CC(C)(C)CC1CCCCC1.CC(C)(C)CC1CCCCC1.CC(C)(C)CC1CCCCC1.CC(C)(C)CC1CCCCC1.CC(C)(C)CC1CCN(C2CCC2)CC1.CC(C)(C)CC1CCN(C2CCCCC2)CC1.CC(C)(C)CC1COCCO1.CC(C)(C)C[C@@H]1COCCO1.CC(C)(C)C[C@H]1COCCO1.CN1CCC(CC(C)(C)C)CC1. The van der Waals surface area contributed by atoms with Crippen LogP contribution < -0.4 is 0 Å². The van der Waals surface area contributed by atoms with Crippen molar-refractivity contribution in [1.82, 2.24) is 14.7 Å². The zero-order chi connectivity index (χ0) is 106. The Morgan fingerprint density at radius 3 is 0.458 bits per heavy atom. The van der Waals surface area contributed by atoms with E-state index in [1.807, 2.05) is 0 Å². The minimum Gasteiger partial charge on any atom is -0.376 e. The highest BCUT2D eigenvalue weighted by molar-refractivity contribution is 4.88. The molecular weight excluding hydrogens is 1740 g/mol. The molecule has 3 atom stereocenters. The van der Waals surface area contributed by atoms with E-state index in [9.17, 15) is 0 Å². The van der Waals surface area contributed by atoms with Gasteiger partial charge < -0.3 is 43.1 Å². The topological polar surface area (TPSA) is 65.1 Å². The third-order valence-corrected chi connectivity index (χ3v) is 32.0. The molecule has 14 aliphatic rings. The summed E-state index contributed by atoms with van der Waals surface area (Å²) in [7, 11) is 2.23. The van der Waals surface area contributed by atoms with E-state index in [-0.39, 0.29) is 7.43 Å². The van der Waals surface area contributed by atoms with Crippen LogP contribution in [0, 0.1) is 118 Å². The summed E-state index contributed by atoms with van der Waals surface area (Å²) in [4.78, 5) is 8.00. The van der Waals surface area contributed by atoms with Crippen LogP contribution in [0.4, 0.5) is 0 Å². The molecule has 6 aliphatic heterocycles. The van der Waals surface area contributed by atoms with Crippen LogP contribution in [0.5, 0.6) is 0 Å². The second kappa shape index (κ2) is 70.2. The van der Waals surface area contributed by atoms with Crippen LogP contribution in [-0.2, 0) is 28.4 Å². The maximum Gasteiger partial charge on any atom is 0.0814 e. The van der Waals surface area contributed by atoms with E-state index in [0.717, 1.165) is 144 Å². The first-order chi connectivity index (χ1) is 65.3. The van der Waals surface area contributed by atoms with Gasteiger partial charge in [0.2, 0.25) is 0 Å². The Morgan fingerprint density at radius 1 is 0.169 bits per heavy atom. The van der Waals surface area contributed by atoms with Crippen molar-refractivity contribution in [2.75, 3.05) is 106 Å². The molecule has 0 N–H and O–H groups in total. The largest absolute Gasteiger partial charge is 0.376 e. The predicted molar refractivity (Wildman–Crippen MR) is 631 cm³/mol. The summed E-state index contributed by atoms with van der Waals surface area (Å²) in [6.45, 7) is 98.9. The van der Waals surface area contributed by atoms with Gasteiger partial charge >= 0.3 is 0 Å². The standard InChI is InChI=1S/C16H31N.C14H27N.C11H23N.5C11H22.3C9H18O2.C9H18.CH4/c1-16(2,3)13-14-9-11-17(12-10-14)15-7-5-4-6-8-15;1-14(2,3)11-12-7-9-15(10-8-12)13-5-4-6-13;1-11(2,3)9-10-5-7-12(4)8-6-10;5*1-11(2,3)9-10-7-5-4-6-8-10;3*1-9(2,3)6-8-7-10-4-5-11-8;1-9(2,3)7-8-5-4-6-8;/h14-15H,4-13H2,1-3H3;12-13H,4-11H2,1-3H3;10H,5-9H2,1-4H3;5*10H,4-9H2,1-3H3;3*8H,4-7H2,1-3H3;8H,4-7H2,1-3H3;1H4/t;;;;;;;;2*8-;;;/m........10.../s1. The number of rotatable bonds is 14. The maximum absolute atomic E-state index is 5.53. The third kappa shape index (κ3) is 81.4. The monoisotopic (exact) mass is 2000 g/mol. The fourth-order valence-electron chi connectivity index (χ4n) is 26.0. The van der Waals surface area contributed by atoms with Gasteiger partial charge in [-0.1, -0.05) is 462 Å². The summed E-state index contributed by atoms with van der Waals surface area (Å²) >= 11 is 0. The van der Waals surface area contributed by atoms with Gasteiger partial charge in [0.25, 0.3) is 0 Å². The molecule has 6 saturated heterocycles. The van der Waals surface area contributed by atoms with Crippen molar-refractivity contribution in [2.45, 2.75) is 634 Å². The van der Waals surface area contributed by atoms with Crippen LogP contribution in [0.1, 0.15) is 603 Å². The fourth-order valence-corrected chi connectivity index (χ4v) is 26.0. The number of hydrogen-bond donors (Lipinski definition) is 0. The second-order valence-electron chi connectivity index (χ2n) is 63.8. The van der Waals surface area contributed by atoms with Gasteiger partial charge in [-0.2, -0.15) is 0 Å². The molecule has 0 radical (unpaired) electrons. The number of piperidine rings is 3. The van der Waals surface area contributed by atoms with Crippen molar-refractivity contribution >= 4 is 0 Å². The van der Waals surface area contributed by atoms with Crippen molar-refractivity contribution < 1.29 is 28.4 Å². The van der Waals surface area contributed by atoms with E-state index in [2.05, 4.69) is 271 Å². The number of ether oxygens (including phenoxy) is 6. The number of nitrogens with zero attached hydrogens (tertiary/aromatic N) is 3. The average molecular weight is 2000 g/mol. The maximum atomic E-state index is 5.53. The van der Waals surface area contributed by atoms with Crippen LogP contribution in [0.3, 0.4) is 0 Å². The summed E-state index contributed by atoms with van der Waals surface area (Å²) in [5.41, 5.74) is 6.00. The molecule has 0 aromatic carbocycles. The molecule has 8 saturated carbocycles. The predicted octanol–water partition coefficient (Wildman–Crippen LogP) is 40.3. The minimum absolute atomic E-state index is 0. The molecule has 14 fully saturated rings. The lowest BCUT2D eigenvalue weighted by Gasteiger charge is -2.42. The lowest BCUT2D eigenvalue weighted by atomic mass is 9.74. The van der Waals surface area contributed by atoms with Crippen LogP contribution >= 0.6 is 0 Å². The Bertz CT molecular complexity index is 2520. The highest BCUT2D eigenvalue weighted by Crippen LogP contribution is 2.43. The third-order valence-electron chi connectivity index (χ3n) is 32.0. The van der Waals surface area contributed by atoms with Crippen molar-refractivity contribution in [3.8, 4) is 0 Å². The first kappa shape index (κ1) is 138. The zero-order valence-corrected chi connectivity index (χ0v) is 104. The highest BCUT2D eigenvalue weighted by atomic mass is 16.6. The van der Waals surface area contributed by atoms with Gasteiger partial charge in [0.05, 0.1) is 77.8 Å². The van der Waals surface area contributed by atoms with E-state index in [1.165, 1.54) is 367 Å². The summed E-state index contributed by atoms with van der Waals surface area (Å²) < 4.78 is 32.5. The fraction of sp³-hybridized carbons (Fsp3) is 1.00. The summed E-state index contributed by atoms with van der Waals surface area (Å²) in [6.07, 6.45) is 79.3. The molecule has 0 spiro atoms. The molecule has 1 unspecified atom stereocenters. The van der Waals surface area contributed by atoms with Crippen LogP contribution in [-0.4, -0.2) is 151 Å². The van der Waals surface area contributed by atoms with Gasteiger partial charge in [0.1, 0.15) is 0 Å². The molecule has 142 heavy (non-hydrogen) atoms. The molecule has 850 valence electrons. The van der Waals surface area contributed by atoms with Crippen LogP contribution in [0.15, 0.2) is 0 Å². The average Bonchev–Trinajstić information content (AvgIpc) is 0.844. The Labute approximate surface area is 895 Å². The summed E-state index contributed by atoms with van der Waals surface area (Å²) in [6, 6.07) is 1.92. The Balaban J connectivity index is 0.000000525. The molecule has 0 aromatic rings. The first-order valence-electron chi connectivity index (χ1n) is 62.0. The van der Waals surface area contributed by atoms with Gasteiger partial charge in [0, 0.05) is 12.1 Å². The van der Waals surface area contributed by atoms with E-state index in [4.69, 9.17) is 28.4 Å². The molecular formula is C133H267N3O6. The quantitative estimate of drug-likeness (QED) is 0.169. The Hall–Kier alpha value is -0.360. The lowest BCUT2D eigenvalue weighted by Crippen LogP contribution is -2.45. The van der Waals surface area contributed by atoms with E-state index in [0.29, 0.717) is 83.3 Å². The smallest absolute Gasteiger partial charge is 0.0814 e. The van der Waals surface area contributed by atoms with Gasteiger partial charge in [0.15, 0.2) is 0 Å². The Morgan fingerprint density at radius 2 is 0.317 bits per heavy atom. The molecule has 0 aromatic heterocycles. The minimum atomic E-state index is 0. The first-order valence-corrected chi connectivity index (χ1v) is 62.0. The van der Waals surface area contributed by atoms with E-state index >= 15 is 0 Å². The number of likely N-dealkylation sites (tertiary alicyclic amines) is 3. The summed E-state index contributed by atoms with van der Waals surface area (Å²) in [5.74, 6) is 9.28. The van der Waals surface area contributed by atoms with Gasteiger partial charge in [-0.3, -0.25) is 0 Å². The number of hydrogen-bond acceptors (Lipinski definition) is 9. The summed E-state index contributed by atoms with van der Waals surface area (Å²) in [5, 5.41) is 0. The van der Waals surface area contributed by atoms with E-state index in [1.54, 1.807) is 0 Å². The van der Waals surface area contributed by atoms with Gasteiger partial charge in [-0.15, -0.1) is 0 Å². The van der Waals surface area contributed by atoms with Crippen molar-refractivity contribution in [3.05, 3.63) is 0 Å². The molecule has 9 nitrogen and oxygen atoms in total. The van der Waals surface area contributed by atoms with Crippen LogP contribution in [0.25, 0.3) is 0 Å². The molecule has 6 heterocycles. The van der Waals surface area contributed by atoms with Gasteiger partial charge in [-0.25, -0.2) is 0 Å². The molecule has 9 heteroatoms. The molecule has 0 amide bonds. The molecule has 0 bridgehead atoms. The van der Waals surface area contributed by atoms with Crippen molar-refractivity contribution in [3.63, 3.8) is 0 Å². The van der Waals surface area contributed by atoms with E-state index < -0.39 is 0 Å². The van der Waals surface area contributed by atoms with Crippen LogP contribution in [0.2, 0.25) is 0 Å². The Kier molecular flexibility index (Phi) is 68.1.